The Morgan fingerprint density at radius 3 is 2.55 bits per heavy atom. The molecule has 2 aliphatic heterocycles. The van der Waals surface area contributed by atoms with E-state index in [2.05, 4.69) is 15.8 Å². The van der Waals surface area contributed by atoms with Crippen molar-refractivity contribution < 1.29 is 18.6 Å². The molecule has 0 spiro atoms. The van der Waals surface area contributed by atoms with Crippen LogP contribution in [-0.4, -0.2) is 28.6 Å². The van der Waals surface area contributed by atoms with Crippen LogP contribution in [0.4, 0.5) is 8.78 Å². The first-order chi connectivity index (χ1) is 15.0. The molecular weight excluding hydrogens is 404 g/mol. The van der Waals surface area contributed by atoms with Crippen molar-refractivity contribution in [1.29, 1.82) is 0 Å². The second-order valence-corrected chi connectivity index (χ2v) is 7.56. The predicted molar refractivity (Wildman–Crippen MR) is 112 cm³/mol. The molecule has 2 aromatic carbocycles. The zero-order chi connectivity index (χ0) is 21.5. The van der Waals surface area contributed by atoms with Gasteiger partial charge in [0.15, 0.2) is 29.4 Å². The number of fused-ring (bicyclic) bond motifs is 1. The lowest BCUT2D eigenvalue weighted by Crippen LogP contribution is -2.32. The van der Waals surface area contributed by atoms with E-state index >= 15 is 0 Å². The Labute approximate surface area is 177 Å². The Bertz CT molecular complexity index is 1130. The molecule has 1 aromatic heterocycles. The number of nitrogens with two attached hydrogens (primary N) is 1. The summed E-state index contributed by atoms with van der Waals surface area (Å²) in [5.41, 5.74) is 11.8. The molecule has 3 aromatic rings. The number of hydrogen-bond donors (Lipinski definition) is 4. The molecule has 1 unspecified atom stereocenters. The number of nitrogens with one attached hydrogen (secondary N) is 2. The summed E-state index contributed by atoms with van der Waals surface area (Å²) in [4.78, 5) is 0. The van der Waals surface area contributed by atoms with Crippen LogP contribution in [0.2, 0.25) is 0 Å². The van der Waals surface area contributed by atoms with E-state index < -0.39 is 23.6 Å². The summed E-state index contributed by atoms with van der Waals surface area (Å²) in [7, 11) is 0. The first-order valence-electron chi connectivity index (χ1n) is 9.98. The third-order valence-electron chi connectivity index (χ3n) is 5.63. The molecule has 0 aliphatic carbocycles. The van der Waals surface area contributed by atoms with Gasteiger partial charge in [-0.2, -0.15) is 5.10 Å². The SMILES string of the molecule is NC1=NNC(O)c2c1c(-c1ccc(Oc3c(F)cccc3F)cc1)cn2[C@@H]1CCNC1. The minimum atomic E-state index is -0.969. The third-order valence-corrected chi connectivity index (χ3v) is 5.63. The summed E-state index contributed by atoms with van der Waals surface area (Å²) in [6, 6.07) is 10.6. The zero-order valence-electron chi connectivity index (χ0n) is 16.5. The molecule has 1 fully saturated rings. The van der Waals surface area contributed by atoms with Crippen molar-refractivity contribution in [3.63, 3.8) is 0 Å². The van der Waals surface area contributed by atoms with Crippen molar-refractivity contribution >= 4 is 5.84 Å². The highest BCUT2D eigenvalue weighted by Crippen LogP contribution is 2.37. The minimum Gasteiger partial charge on any atom is -0.451 e. The summed E-state index contributed by atoms with van der Waals surface area (Å²) >= 11 is 0. The zero-order valence-corrected chi connectivity index (χ0v) is 16.5. The smallest absolute Gasteiger partial charge is 0.198 e. The second-order valence-electron chi connectivity index (χ2n) is 7.56. The summed E-state index contributed by atoms with van der Waals surface area (Å²) in [5.74, 6) is -1.41. The molecule has 31 heavy (non-hydrogen) atoms. The lowest BCUT2D eigenvalue weighted by molar-refractivity contribution is 0.127. The van der Waals surface area contributed by atoms with E-state index in [9.17, 15) is 13.9 Å². The molecule has 0 bridgehead atoms. The molecule has 0 amide bonds. The molecule has 0 radical (unpaired) electrons. The van der Waals surface area contributed by atoms with Gasteiger partial charge in [-0.15, -0.1) is 0 Å². The van der Waals surface area contributed by atoms with E-state index in [1.165, 1.54) is 6.07 Å². The number of aliphatic hydroxyl groups excluding tert-OH is 1. The van der Waals surface area contributed by atoms with Gasteiger partial charge in [0.25, 0.3) is 0 Å². The summed E-state index contributed by atoms with van der Waals surface area (Å²) in [6.07, 6.45) is 1.93. The van der Waals surface area contributed by atoms with E-state index in [4.69, 9.17) is 10.5 Å². The van der Waals surface area contributed by atoms with E-state index in [1.54, 1.807) is 24.3 Å². The summed E-state index contributed by atoms with van der Waals surface area (Å²) in [5, 5.41) is 17.9. The Hall–Kier alpha value is -3.43. The number of hydrogen-bond acceptors (Lipinski definition) is 6. The number of aromatic nitrogens is 1. The fourth-order valence-corrected chi connectivity index (χ4v) is 4.13. The van der Waals surface area contributed by atoms with Crippen molar-refractivity contribution in [2.24, 2.45) is 10.8 Å². The van der Waals surface area contributed by atoms with E-state index in [1.807, 2.05) is 10.8 Å². The van der Waals surface area contributed by atoms with Crippen LogP contribution < -0.4 is 21.2 Å². The number of ether oxygens (including phenoxy) is 1. The number of nitrogens with zero attached hydrogens (tertiary/aromatic N) is 2. The van der Waals surface area contributed by atoms with Gasteiger partial charge in [-0.05, 0) is 42.8 Å². The first kappa shape index (κ1) is 19.5. The van der Waals surface area contributed by atoms with Crippen LogP contribution in [0.3, 0.4) is 0 Å². The van der Waals surface area contributed by atoms with Gasteiger partial charge in [0, 0.05) is 24.3 Å². The highest BCUT2D eigenvalue weighted by Gasteiger charge is 2.31. The van der Waals surface area contributed by atoms with E-state index in [0.717, 1.165) is 42.8 Å². The molecule has 1 saturated heterocycles. The molecule has 160 valence electrons. The second kappa shape index (κ2) is 7.68. The number of para-hydroxylation sites is 1. The molecular formula is C22H21F2N5O2. The Kier molecular flexibility index (Phi) is 4.84. The van der Waals surface area contributed by atoms with E-state index in [-0.39, 0.29) is 11.9 Å². The van der Waals surface area contributed by atoms with Crippen LogP contribution in [-0.2, 0) is 0 Å². The van der Waals surface area contributed by atoms with Gasteiger partial charge in [-0.25, -0.2) is 8.78 Å². The monoisotopic (exact) mass is 425 g/mol. The number of aliphatic hydroxyl groups is 1. The van der Waals surface area contributed by atoms with Crippen molar-refractivity contribution in [1.82, 2.24) is 15.3 Å². The first-order valence-corrected chi connectivity index (χ1v) is 9.98. The van der Waals surface area contributed by atoms with Crippen molar-refractivity contribution in [3.8, 4) is 22.6 Å². The van der Waals surface area contributed by atoms with Crippen LogP contribution in [0.15, 0.2) is 53.8 Å². The van der Waals surface area contributed by atoms with Crippen LogP contribution in [0.1, 0.15) is 29.9 Å². The number of hydrazone groups is 1. The number of rotatable bonds is 4. The molecule has 7 nitrogen and oxygen atoms in total. The van der Waals surface area contributed by atoms with Crippen LogP contribution >= 0.6 is 0 Å². The quantitative estimate of drug-likeness (QED) is 0.515. The third kappa shape index (κ3) is 3.41. The molecule has 2 atom stereocenters. The average molecular weight is 425 g/mol. The van der Waals surface area contributed by atoms with Gasteiger partial charge in [-0.1, -0.05) is 18.2 Å². The van der Waals surface area contributed by atoms with Gasteiger partial charge in [-0.3, -0.25) is 5.43 Å². The number of amidine groups is 1. The fraction of sp³-hybridized carbons (Fsp3) is 0.227. The topological polar surface area (TPSA) is 96.8 Å². The van der Waals surface area contributed by atoms with Crippen LogP contribution in [0.5, 0.6) is 11.5 Å². The minimum absolute atomic E-state index is 0.191. The molecule has 5 rings (SSSR count). The average Bonchev–Trinajstić information content (AvgIpc) is 3.42. The molecule has 3 heterocycles. The van der Waals surface area contributed by atoms with Crippen molar-refractivity contribution in [2.45, 2.75) is 18.7 Å². The van der Waals surface area contributed by atoms with Gasteiger partial charge in [0.1, 0.15) is 5.75 Å². The highest BCUT2D eigenvalue weighted by molar-refractivity contribution is 6.05. The molecule has 2 aliphatic rings. The molecule has 5 N–H and O–H groups in total. The van der Waals surface area contributed by atoms with Crippen molar-refractivity contribution in [3.05, 3.63) is 71.6 Å². The van der Waals surface area contributed by atoms with E-state index in [0.29, 0.717) is 17.0 Å². The molecule has 9 heteroatoms. The lowest BCUT2D eigenvalue weighted by atomic mass is 10.0. The molecule has 0 saturated carbocycles. The summed E-state index contributed by atoms with van der Waals surface area (Å²) in [6.45, 7) is 1.70. The van der Waals surface area contributed by atoms with Crippen LogP contribution in [0.25, 0.3) is 11.1 Å². The van der Waals surface area contributed by atoms with Gasteiger partial charge < -0.3 is 25.5 Å². The van der Waals surface area contributed by atoms with Gasteiger partial charge in [0.05, 0.1) is 11.3 Å². The number of benzene rings is 2. The standard InChI is InChI=1S/C22H21F2N5O2/c23-16-2-1-3-17(24)20(16)31-14-6-4-12(5-7-14)15-11-29(13-8-9-26-10-13)19-18(15)21(25)27-28-22(19)30/h1-7,11,13,22,26,28,30H,8-10H2,(H2,25,27)/t13-,22?/m1/s1. The normalized spacial score (nSPS) is 20.2. The maximum Gasteiger partial charge on any atom is 0.198 e. The Morgan fingerprint density at radius 1 is 1.13 bits per heavy atom. The highest BCUT2D eigenvalue weighted by atomic mass is 19.1. The fourth-order valence-electron chi connectivity index (χ4n) is 4.13. The number of halogens is 2. The largest absolute Gasteiger partial charge is 0.451 e. The maximum absolute atomic E-state index is 13.9. The lowest BCUT2D eigenvalue weighted by Gasteiger charge is -2.23. The Balaban J connectivity index is 1.52. The predicted octanol–water partition coefficient (Wildman–Crippen LogP) is 2.97. The van der Waals surface area contributed by atoms with Gasteiger partial charge >= 0.3 is 0 Å². The van der Waals surface area contributed by atoms with Crippen molar-refractivity contribution in [2.75, 3.05) is 13.1 Å². The van der Waals surface area contributed by atoms with Crippen LogP contribution in [0, 0.1) is 11.6 Å². The Morgan fingerprint density at radius 2 is 1.87 bits per heavy atom. The summed E-state index contributed by atoms with van der Waals surface area (Å²) < 4.78 is 35.2. The maximum atomic E-state index is 13.9. The van der Waals surface area contributed by atoms with Gasteiger partial charge in [0.2, 0.25) is 0 Å².